The molecule has 12 heavy (non-hydrogen) atoms. The van der Waals surface area contributed by atoms with Crippen LogP contribution < -0.4 is 10.8 Å². The summed E-state index contributed by atoms with van der Waals surface area (Å²) in [7, 11) is 5.30. The van der Waals surface area contributed by atoms with Crippen LogP contribution in [0.2, 0.25) is 0 Å². The summed E-state index contributed by atoms with van der Waals surface area (Å²) in [5.74, 6) is 0. The first-order valence-electron chi connectivity index (χ1n) is 4.17. The molecule has 3 heteroatoms. The predicted octanol–water partition coefficient (Wildman–Crippen LogP) is 0.491. The Labute approximate surface area is 75.8 Å². The third kappa shape index (κ3) is 7.28. The average Bonchev–Trinajstić information content (AvgIpc) is 2.08. The van der Waals surface area contributed by atoms with Crippen LogP contribution in [0.4, 0.5) is 0 Å². The fraction of sp³-hybridized carbons (Fsp3) is 0.444. The topological polar surface area (TPSA) is 24.9 Å². The predicted molar refractivity (Wildman–Crippen MR) is 53.8 cm³/mol. The van der Waals surface area contributed by atoms with E-state index in [0.717, 1.165) is 13.1 Å². The van der Waals surface area contributed by atoms with Gasteiger partial charge in [0.2, 0.25) is 0 Å². The summed E-state index contributed by atoms with van der Waals surface area (Å²) >= 11 is 0. The first-order chi connectivity index (χ1) is 5.81. The smallest absolute Gasteiger partial charge is 0.115 e. The Hall–Kier alpha value is -0.825. The summed E-state index contributed by atoms with van der Waals surface area (Å²) in [6.07, 6.45) is 3.30. The van der Waals surface area contributed by atoms with Crippen LogP contribution in [0.3, 0.4) is 0 Å². The molecule has 0 atom stereocenters. The van der Waals surface area contributed by atoms with Crippen molar-refractivity contribution in [2.45, 2.75) is 13.8 Å². The molecule has 0 unspecified atom stereocenters. The van der Waals surface area contributed by atoms with Gasteiger partial charge in [-0.15, -0.1) is 0 Å². The Balaban J connectivity index is 0.000000217. The van der Waals surface area contributed by atoms with E-state index in [-0.39, 0.29) is 0 Å². The van der Waals surface area contributed by atoms with Crippen LogP contribution in [0.25, 0.3) is 0 Å². The Bertz CT molecular complexity index is 175. The van der Waals surface area contributed by atoms with Crippen molar-refractivity contribution in [2.24, 2.45) is 0 Å². The Morgan fingerprint density at radius 3 is 2.25 bits per heavy atom. The van der Waals surface area contributed by atoms with Gasteiger partial charge >= 0.3 is 0 Å². The van der Waals surface area contributed by atoms with Crippen LogP contribution in [0.5, 0.6) is 0 Å². The maximum absolute atomic E-state index is 5.30. The van der Waals surface area contributed by atoms with Gasteiger partial charge < -0.3 is 5.32 Å². The molecular weight excluding hydrogens is 147 g/mol. The van der Waals surface area contributed by atoms with Crippen molar-refractivity contribution in [3.05, 3.63) is 24.5 Å². The highest BCUT2D eigenvalue weighted by atomic mass is 14.8. The van der Waals surface area contributed by atoms with Crippen molar-refractivity contribution < 1.29 is 0 Å². The molecule has 2 nitrogen and oxygen atoms in total. The lowest BCUT2D eigenvalue weighted by molar-refractivity contribution is 0.762. The van der Waals surface area contributed by atoms with Gasteiger partial charge in [0.1, 0.15) is 7.85 Å². The van der Waals surface area contributed by atoms with E-state index in [1.165, 1.54) is 0 Å². The third-order valence-corrected chi connectivity index (χ3v) is 1.18. The summed E-state index contributed by atoms with van der Waals surface area (Å²) in [6.45, 7) is 6.39. The van der Waals surface area contributed by atoms with E-state index in [1.807, 2.05) is 0 Å². The molecule has 0 fully saturated rings. The second-order valence-electron chi connectivity index (χ2n) is 2.24. The van der Waals surface area contributed by atoms with Gasteiger partial charge in [-0.3, -0.25) is 4.98 Å². The minimum absolute atomic E-state index is 0.711. The van der Waals surface area contributed by atoms with Crippen LogP contribution in [-0.4, -0.2) is 25.9 Å². The molecule has 1 heterocycles. The number of hydrogen-bond acceptors (Lipinski definition) is 2. The van der Waals surface area contributed by atoms with Gasteiger partial charge in [0.15, 0.2) is 0 Å². The number of nitrogens with zero attached hydrogens (tertiary/aromatic N) is 1. The van der Waals surface area contributed by atoms with Gasteiger partial charge in [0.05, 0.1) is 0 Å². The molecule has 0 bridgehead atoms. The molecule has 0 aliphatic carbocycles. The van der Waals surface area contributed by atoms with E-state index in [4.69, 9.17) is 7.85 Å². The molecule has 0 aliphatic heterocycles. The van der Waals surface area contributed by atoms with Crippen molar-refractivity contribution in [3.63, 3.8) is 0 Å². The number of pyridine rings is 1. The number of rotatable bonds is 2. The largest absolute Gasteiger partial charge is 0.317 e. The van der Waals surface area contributed by atoms with E-state index >= 15 is 0 Å². The SMILES string of the molecule is CCNCC.[B]c1cccnc1. The second kappa shape index (κ2) is 8.27. The molecule has 0 saturated carbocycles. The lowest BCUT2D eigenvalue weighted by Gasteiger charge is -1.86. The van der Waals surface area contributed by atoms with Crippen molar-refractivity contribution >= 4 is 13.3 Å². The number of hydrogen-bond donors (Lipinski definition) is 1. The zero-order chi connectivity index (χ0) is 9.23. The van der Waals surface area contributed by atoms with Gasteiger partial charge in [-0.2, -0.15) is 0 Å². The average molecular weight is 162 g/mol. The quantitative estimate of drug-likeness (QED) is 0.640. The molecular formula is C9H15BN2. The molecule has 0 saturated heterocycles. The molecule has 2 radical (unpaired) electrons. The van der Waals surface area contributed by atoms with Crippen molar-refractivity contribution in [1.29, 1.82) is 0 Å². The zero-order valence-corrected chi connectivity index (χ0v) is 7.75. The first kappa shape index (κ1) is 11.2. The normalized spacial score (nSPS) is 8.50. The molecule has 64 valence electrons. The van der Waals surface area contributed by atoms with Crippen LogP contribution in [-0.2, 0) is 0 Å². The molecule has 1 aromatic rings. The lowest BCUT2D eigenvalue weighted by atomic mass is 10.00. The summed E-state index contributed by atoms with van der Waals surface area (Å²) in [4.78, 5) is 3.76. The Morgan fingerprint density at radius 1 is 1.42 bits per heavy atom. The molecule has 1 rings (SSSR count). The van der Waals surface area contributed by atoms with Gasteiger partial charge in [-0.1, -0.05) is 25.4 Å². The lowest BCUT2D eigenvalue weighted by Crippen LogP contribution is -2.09. The highest BCUT2D eigenvalue weighted by Crippen LogP contribution is 1.70. The van der Waals surface area contributed by atoms with Gasteiger partial charge in [-0.25, -0.2) is 0 Å². The molecule has 0 spiro atoms. The van der Waals surface area contributed by atoms with Gasteiger partial charge in [0, 0.05) is 12.4 Å². The summed E-state index contributed by atoms with van der Waals surface area (Å²) in [6, 6.07) is 3.60. The molecule has 0 aromatic carbocycles. The maximum atomic E-state index is 5.30. The molecule has 1 N–H and O–H groups in total. The van der Waals surface area contributed by atoms with Crippen LogP contribution in [0, 0.1) is 0 Å². The van der Waals surface area contributed by atoms with E-state index in [2.05, 4.69) is 24.1 Å². The summed E-state index contributed by atoms with van der Waals surface area (Å²) < 4.78 is 0. The van der Waals surface area contributed by atoms with E-state index in [9.17, 15) is 0 Å². The second-order valence-corrected chi connectivity index (χ2v) is 2.24. The van der Waals surface area contributed by atoms with Gasteiger partial charge in [0.25, 0.3) is 0 Å². The summed E-state index contributed by atoms with van der Waals surface area (Å²) in [5.41, 5.74) is 0.711. The zero-order valence-electron chi connectivity index (χ0n) is 7.75. The van der Waals surface area contributed by atoms with Crippen molar-refractivity contribution in [1.82, 2.24) is 10.3 Å². The summed E-state index contributed by atoms with van der Waals surface area (Å²) in [5, 5.41) is 3.11. The monoisotopic (exact) mass is 162 g/mol. The highest BCUT2D eigenvalue weighted by Gasteiger charge is 1.73. The van der Waals surface area contributed by atoms with Crippen LogP contribution in [0.15, 0.2) is 24.5 Å². The Morgan fingerprint density at radius 2 is 2.08 bits per heavy atom. The molecule has 0 aliphatic rings. The van der Waals surface area contributed by atoms with Crippen LogP contribution >= 0.6 is 0 Å². The van der Waals surface area contributed by atoms with Crippen molar-refractivity contribution in [2.75, 3.05) is 13.1 Å². The van der Waals surface area contributed by atoms with Crippen LogP contribution in [0.1, 0.15) is 13.8 Å². The standard InChI is InChI=1S/C5H4BN.C4H11N/c6-5-2-1-3-7-4-5;1-3-5-4-2/h1-4H;5H,3-4H2,1-2H3. The fourth-order valence-corrected chi connectivity index (χ4v) is 0.626. The van der Waals surface area contributed by atoms with Crippen molar-refractivity contribution in [3.8, 4) is 0 Å². The Kier molecular flexibility index (Phi) is 7.70. The fourth-order valence-electron chi connectivity index (χ4n) is 0.626. The van der Waals surface area contributed by atoms with E-state index in [0.29, 0.717) is 5.46 Å². The number of nitrogens with one attached hydrogen (secondary N) is 1. The maximum Gasteiger partial charge on any atom is 0.115 e. The highest BCUT2D eigenvalue weighted by molar-refractivity contribution is 6.31. The van der Waals surface area contributed by atoms with Gasteiger partial charge in [-0.05, 0) is 19.2 Å². The number of aromatic nitrogens is 1. The van der Waals surface area contributed by atoms with E-state index in [1.54, 1.807) is 24.5 Å². The molecule has 1 aromatic heterocycles. The minimum atomic E-state index is 0.711. The third-order valence-electron chi connectivity index (χ3n) is 1.18. The minimum Gasteiger partial charge on any atom is -0.317 e. The molecule has 0 amide bonds. The first-order valence-corrected chi connectivity index (χ1v) is 4.17. The van der Waals surface area contributed by atoms with E-state index < -0.39 is 0 Å².